The number of primary amides is 1. The monoisotopic (exact) mass is 166 g/mol. The Morgan fingerprint density at radius 1 is 1.67 bits per heavy atom. The quantitative estimate of drug-likeness (QED) is 0.543. The van der Waals surface area contributed by atoms with Gasteiger partial charge in [0.15, 0.2) is 5.49 Å². The third kappa shape index (κ3) is 2.12. The molecular weight excluding hydrogens is 156 g/mol. The first-order valence-corrected chi connectivity index (χ1v) is 3.41. The summed E-state index contributed by atoms with van der Waals surface area (Å²) in [6.07, 6.45) is 1.82. The van der Waals surface area contributed by atoms with E-state index in [2.05, 4.69) is 10.5 Å². The fourth-order valence-corrected chi connectivity index (χ4v) is 0.743. The van der Waals surface area contributed by atoms with Gasteiger partial charge in [0.05, 0.1) is 0 Å². The lowest BCUT2D eigenvalue weighted by molar-refractivity contribution is 0.249. The Morgan fingerprint density at radius 2 is 2.42 bits per heavy atom. The number of nitrogens with two attached hydrogens (primary N) is 1. The van der Waals surface area contributed by atoms with Gasteiger partial charge in [0, 0.05) is 13.2 Å². The Hall–Kier alpha value is -1.78. The molecule has 1 rings (SSSR count). The summed E-state index contributed by atoms with van der Waals surface area (Å²) in [4.78, 5) is 10.3. The van der Waals surface area contributed by atoms with Gasteiger partial charge in [0.2, 0.25) is 0 Å². The number of urea groups is 1. The first kappa shape index (κ1) is 8.32. The highest BCUT2D eigenvalue weighted by atomic mass is 16.2. The van der Waals surface area contributed by atoms with Crippen molar-refractivity contribution in [2.45, 2.75) is 0 Å². The smallest absolute Gasteiger partial charge is 0.332 e. The molecule has 0 radical (unpaired) electrons. The zero-order chi connectivity index (χ0) is 8.97. The standard InChI is InChI=1S/C7H10N4O/c1-11-5-3-2-4-6(11)9-10-7(8)12/h2-5H,1H3,(H3,8,10,12)/b9-6-. The molecule has 5 heteroatoms. The van der Waals surface area contributed by atoms with Crippen LogP contribution < -0.4 is 16.6 Å². The number of aromatic nitrogens is 1. The maximum absolute atomic E-state index is 10.3. The molecule has 64 valence electrons. The number of aryl methyl sites for hydroxylation is 1. The zero-order valence-corrected chi connectivity index (χ0v) is 6.69. The molecule has 0 atom stereocenters. The number of rotatable bonds is 1. The fourth-order valence-electron chi connectivity index (χ4n) is 0.743. The summed E-state index contributed by atoms with van der Waals surface area (Å²) in [6.45, 7) is 0. The Kier molecular flexibility index (Phi) is 2.47. The van der Waals surface area contributed by atoms with Crippen LogP contribution in [0.4, 0.5) is 4.79 Å². The van der Waals surface area contributed by atoms with Gasteiger partial charge in [-0.1, -0.05) is 6.07 Å². The third-order valence-corrected chi connectivity index (χ3v) is 1.31. The van der Waals surface area contributed by atoms with Crippen molar-refractivity contribution in [2.24, 2.45) is 17.9 Å². The van der Waals surface area contributed by atoms with Gasteiger partial charge >= 0.3 is 6.03 Å². The van der Waals surface area contributed by atoms with E-state index in [0.29, 0.717) is 5.49 Å². The number of amides is 2. The van der Waals surface area contributed by atoms with Gasteiger partial charge < -0.3 is 10.3 Å². The molecule has 0 aliphatic heterocycles. The van der Waals surface area contributed by atoms with Gasteiger partial charge in [-0.05, 0) is 12.1 Å². The van der Waals surface area contributed by atoms with Crippen molar-refractivity contribution in [1.29, 1.82) is 0 Å². The summed E-state index contributed by atoms with van der Waals surface area (Å²) >= 11 is 0. The summed E-state index contributed by atoms with van der Waals surface area (Å²) in [7, 11) is 1.82. The van der Waals surface area contributed by atoms with E-state index in [1.54, 1.807) is 10.6 Å². The van der Waals surface area contributed by atoms with Crippen LogP contribution in [0.2, 0.25) is 0 Å². The normalized spacial score (nSPS) is 11.2. The Balaban J connectivity index is 2.94. The van der Waals surface area contributed by atoms with Gasteiger partial charge in [-0.2, -0.15) is 5.10 Å². The third-order valence-electron chi connectivity index (χ3n) is 1.31. The largest absolute Gasteiger partial charge is 0.350 e. The van der Waals surface area contributed by atoms with Crippen molar-refractivity contribution in [3.8, 4) is 0 Å². The SMILES string of the molecule is Cn1cccc/c1=N/NC(N)=O. The van der Waals surface area contributed by atoms with E-state index < -0.39 is 6.03 Å². The van der Waals surface area contributed by atoms with E-state index in [1.165, 1.54) is 0 Å². The summed E-state index contributed by atoms with van der Waals surface area (Å²) in [5.74, 6) is 0. The highest BCUT2D eigenvalue weighted by Gasteiger charge is 1.86. The second-order valence-electron chi connectivity index (χ2n) is 2.26. The zero-order valence-electron chi connectivity index (χ0n) is 6.69. The van der Waals surface area contributed by atoms with Crippen LogP contribution in [-0.4, -0.2) is 10.6 Å². The molecule has 0 saturated heterocycles. The molecule has 3 N–H and O–H groups in total. The Labute approximate surface area is 69.5 Å². The minimum Gasteiger partial charge on any atom is -0.350 e. The minimum atomic E-state index is -0.668. The summed E-state index contributed by atoms with van der Waals surface area (Å²) < 4.78 is 1.76. The molecule has 12 heavy (non-hydrogen) atoms. The fraction of sp³-hybridized carbons (Fsp3) is 0.143. The molecule has 1 aromatic heterocycles. The molecule has 2 amide bonds. The number of carbonyl (C=O) groups is 1. The van der Waals surface area contributed by atoms with Crippen LogP contribution in [0.5, 0.6) is 0 Å². The van der Waals surface area contributed by atoms with Crippen molar-refractivity contribution >= 4 is 6.03 Å². The van der Waals surface area contributed by atoms with Crippen LogP contribution in [0, 0.1) is 0 Å². The maximum atomic E-state index is 10.3. The number of pyridine rings is 1. The first-order valence-electron chi connectivity index (χ1n) is 3.41. The van der Waals surface area contributed by atoms with Crippen molar-refractivity contribution in [3.63, 3.8) is 0 Å². The summed E-state index contributed by atoms with van der Waals surface area (Å²) in [5.41, 5.74) is 7.62. The molecule has 0 aliphatic carbocycles. The average molecular weight is 166 g/mol. The molecule has 0 aliphatic rings. The van der Waals surface area contributed by atoms with Gasteiger partial charge in [-0.25, -0.2) is 10.2 Å². The molecular formula is C7H10N4O. The lowest BCUT2D eigenvalue weighted by Crippen LogP contribution is -2.29. The van der Waals surface area contributed by atoms with Crippen LogP contribution in [0.15, 0.2) is 29.5 Å². The van der Waals surface area contributed by atoms with Crippen LogP contribution in [0.1, 0.15) is 0 Å². The van der Waals surface area contributed by atoms with Crippen molar-refractivity contribution in [1.82, 2.24) is 9.99 Å². The van der Waals surface area contributed by atoms with Gasteiger partial charge in [0.1, 0.15) is 0 Å². The highest BCUT2D eigenvalue weighted by molar-refractivity contribution is 5.70. The van der Waals surface area contributed by atoms with Gasteiger partial charge in [-0.15, -0.1) is 0 Å². The minimum absolute atomic E-state index is 0.635. The maximum Gasteiger partial charge on any atom is 0.332 e. The molecule has 0 saturated carbocycles. The van der Waals surface area contributed by atoms with E-state index in [9.17, 15) is 4.79 Å². The van der Waals surface area contributed by atoms with Gasteiger partial charge in [-0.3, -0.25) is 0 Å². The molecule has 0 spiro atoms. The lowest BCUT2D eigenvalue weighted by atomic mass is 10.5. The number of hydrogen-bond donors (Lipinski definition) is 2. The highest BCUT2D eigenvalue weighted by Crippen LogP contribution is 1.75. The Morgan fingerprint density at radius 3 is 3.00 bits per heavy atom. The van der Waals surface area contributed by atoms with Crippen LogP contribution >= 0.6 is 0 Å². The van der Waals surface area contributed by atoms with Crippen LogP contribution in [0.25, 0.3) is 0 Å². The van der Waals surface area contributed by atoms with E-state index in [4.69, 9.17) is 5.73 Å². The number of hydrogen-bond acceptors (Lipinski definition) is 2. The molecule has 0 fully saturated rings. The van der Waals surface area contributed by atoms with Crippen LogP contribution in [0.3, 0.4) is 0 Å². The molecule has 0 aromatic carbocycles. The summed E-state index contributed by atoms with van der Waals surface area (Å²) in [5, 5.41) is 3.74. The van der Waals surface area contributed by atoms with Gasteiger partial charge in [0.25, 0.3) is 0 Å². The predicted octanol–water partition coefficient (Wildman–Crippen LogP) is -0.491. The van der Waals surface area contributed by atoms with Crippen molar-refractivity contribution < 1.29 is 4.79 Å². The molecule has 1 heterocycles. The average Bonchev–Trinajstić information content (AvgIpc) is 2.03. The number of nitrogens with zero attached hydrogens (tertiary/aromatic N) is 2. The molecule has 0 bridgehead atoms. The summed E-state index contributed by atoms with van der Waals surface area (Å²) in [6, 6.07) is 4.78. The molecule has 0 unspecified atom stereocenters. The molecule has 5 nitrogen and oxygen atoms in total. The lowest BCUT2D eigenvalue weighted by Gasteiger charge is -1.97. The van der Waals surface area contributed by atoms with E-state index >= 15 is 0 Å². The van der Waals surface area contributed by atoms with Crippen LogP contribution in [-0.2, 0) is 7.05 Å². The van der Waals surface area contributed by atoms with Crippen molar-refractivity contribution in [3.05, 3.63) is 29.9 Å². The van der Waals surface area contributed by atoms with E-state index in [1.807, 2.05) is 25.4 Å². The first-order chi connectivity index (χ1) is 5.70. The number of nitrogens with one attached hydrogen (secondary N) is 1. The topological polar surface area (TPSA) is 72.4 Å². The second-order valence-corrected chi connectivity index (χ2v) is 2.26. The second kappa shape index (κ2) is 3.56. The van der Waals surface area contributed by atoms with Crippen molar-refractivity contribution in [2.75, 3.05) is 0 Å². The van der Waals surface area contributed by atoms with E-state index in [0.717, 1.165) is 0 Å². The molecule has 1 aromatic rings. The Bertz CT molecular complexity index is 341. The number of carbonyl (C=O) groups excluding carboxylic acids is 1. The van der Waals surface area contributed by atoms with E-state index in [-0.39, 0.29) is 0 Å². The predicted molar refractivity (Wildman–Crippen MR) is 43.7 cm³/mol.